The first-order valence-corrected chi connectivity index (χ1v) is 4.33. The minimum atomic E-state index is -0.431. The number of nitrogens with one attached hydrogen (secondary N) is 2. The zero-order valence-electron chi connectivity index (χ0n) is 7.79. The van der Waals surface area contributed by atoms with Crippen LogP contribution in [0.1, 0.15) is 5.69 Å². The van der Waals surface area contributed by atoms with Gasteiger partial charge in [0.05, 0.1) is 12.7 Å². The molecule has 13 heavy (non-hydrogen) atoms. The lowest BCUT2D eigenvalue weighted by Gasteiger charge is -2.09. The highest BCUT2D eigenvalue weighted by atomic mass is 16.5. The molecule has 0 saturated heterocycles. The molecular formula is C9H16N2O2. The summed E-state index contributed by atoms with van der Waals surface area (Å²) in [6, 6.07) is 3.94. The van der Waals surface area contributed by atoms with E-state index in [1.54, 1.807) is 7.11 Å². The number of hydrogen-bond donors (Lipinski definition) is 3. The van der Waals surface area contributed by atoms with Gasteiger partial charge in [0.2, 0.25) is 0 Å². The van der Waals surface area contributed by atoms with E-state index < -0.39 is 6.10 Å². The maximum Gasteiger partial charge on any atom is 0.0897 e. The summed E-state index contributed by atoms with van der Waals surface area (Å²) in [6.45, 7) is 1.67. The van der Waals surface area contributed by atoms with Crippen LogP contribution in [-0.4, -0.2) is 36.5 Å². The van der Waals surface area contributed by atoms with E-state index in [1.807, 2.05) is 18.3 Å². The lowest BCUT2D eigenvalue weighted by atomic mass is 10.3. The number of methoxy groups -OCH3 is 1. The van der Waals surface area contributed by atoms with Crippen molar-refractivity contribution in [3.63, 3.8) is 0 Å². The molecule has 4 heteroatoms. The number of hydrogen-bond acceptors (Lipinski definition) is 3. The Morgan fingerprint density at radius 3 is 3.15 bits per heavy atom. The van der Waals surface area contributed by atoms with Gasteiger partial charge in [-0.05, 0) is 12.1 Å². The number of rotatable bonds is 6. The van der Waals surface area contributed by atoms with Crippen LogP contribution in [0.2, 0.25) is 0 Å². The molecule has 3 N–H and O–H groups in total. The topological polar surface area (TPSA) is 57.3 Å². The van der Waals surface area contributed by atoms with Crippen LogP contribution in [0.3, 0.4) is 0 Å². The third-order valence-electron chi connectivity index (χ3n) is 1.72. The lowest BCUT2D eigenvalue weighted by molar-refractivity contribution is 0.0643. The highest BCUT2D eigenvalue weighted by Gasteiger charge is 2.01. The van der Waals surface area contributed by atoms with Gasteiger partial charge in [0.1, 0.15) is 0 Å². The van der Waals surface area contributed by atoms with Crippen molar-refractivity contribution in [3.8, 4) is 0 Å². The molecule has 0 saturated carbocycles. The van der Waals surface area contributed by atoms with E-state index in [-0.39, 0.29) is 0 Å². The number of aliphatic hydroxyl groups excluding tert-OH is 1. The van der Waals surface area contributed by atoms with Crippen molar-refractivity contribution in [2.24, 2.45) is 0 Å². The first kappa shape index (κ1) is 10.2. The Labute approximate surface area is 77.9 Å². The molecule has 0 fully saturated rings. The van der Waals surface area contributed by atoms with Crippen molar-refractivity contribution in [3.05, 3.63) is 24.0 Å². The number of ether oxygens (including phenoxy) is 1. The molecule has 0 aromatic carbocycles. The average Bonchev–Trinajstić information content (AvgIpc) is 2.57. The number of H-pyrrole nitrogens is 1. The van der Waals surface area contributed by atoms with Crippen LogP contribution in [0.4, 0.5) is 0 Å². The molecule has 0 aliphatic rings. The Hall–Kier alpha value is -0.840. The van der Waals surface area contributed by atoms with E-state index in [0.29, 0.717) is 13.2 Å². The molecule has 0 bridgehead atoms. The standard InChI is InChI=1S/C9H16N2O2/c1-13-7-9(12)6-10-5-8-3-2-4-11-8/h2-4,9-12H,5-7H2,1H3. The predicted octanol–water partition coefficient (Wildman–Crippen LogP) is 0.112. The Kier molecular flexibility index (Phi) is 4.53. The maximum atomic E-state index is 9.28. The summed E-state index contributed by atoms with van der Waals surface area (Å²) in [5.74, 6) is 0. The van der Waals surface area contributed by atoms with Gasteiger partial charge in [0.15, 0.2) is 0 Å². The van der Waals surface area contributed by atoms with Crippen LogP contribution < -0.4 is 5.32 Å². The van der Waals surface area contributed by atoms with Crippen molar-refractivity contribution in [2.45, 2.75) is 12.6 Å². The minimum Gasteiger partial charge on any atom is -0.389 e. The van der Waals surface area contributed by atoms with E-state index in [4.69, 9.17) is 4.74 Å². The molecule has 0 radical (unpaired) electrons. The first-order valence-electron chi connectivity index (χ1n) is 4.33. The summed E-state index contributed by atoms with van der Waals surface area (Å²) < 4.78 is 4.79. The van der Waals surface area contributed by atoms with Gasteiger partial charge in [0, 0.05) is 32.1 Å². The molecule has 1 rings (SSSR count). The van der Waals surface area contributed by atoms with Crippen LogP contribution in [0.25, 0.3) is 0 Å². The molecule has 0 aliphatic carbocycles. The van der Waals surface area contributed by atoms with Crippen molar-refractivity contribution in [1.29, 1.82) is 0 Å². The number of aliphatic hydroxyl groups is 1. The Balaban J connectivity index is 2.07. The quantitative estimate of drug-likeness (QED) is 0.588. The molecule has 1 aromatic heterocycles. The van der Waals surface area contributed by atoms with Crippen molar-refractivity contribution in [2.75, 3.05) is 20.3 Å². The van der Waals surface area contributed by atoms with Crippen molar-refractivity contribution >= 4 is 0 Å². The van der Waals surface area contributed by atoms with Crippen LogP contribution in [0.15, 0.2) is 18.3 Å². The third kappa shape index (κ3) is 4.07. The summed E-state index contributed by atoms with van der Waals surface area (Å²) >= 11 is 0. The van der Waals surface area contributed by atoms with E-state index >= 15 is 0 Å². The van der Waals surface area contributed by atoms with Gasteiger partial charge in [-0.25, -0.2) is 0 Å². The Morgan fingerprint density at radius 1 is 1.69 bits per heavy atom. The molecule has 1 aromatic rings. The zero-order valence-corrected chi connectivity index (χ0v) is 7.79. The van der Waals surface area contributed by atoms with Gasteiger partial charge >= 0.3 is 0 Å². The fourth-order valence-corrected chi connectivity index (χ4v) is 1.10. The van der Waals surface area contributed by atoms with Gasteiger partial charge in [-0.2, -0.15) is 0 Å². The second-order valence-corrected chi connectivity index (χ2v) is 2.94. The lowest BCUT2D eigenvalue weighted by Crippen LogP contribution is -2.29. The van der Waals surface area contributed by atoms with Crippen LogP contribution in [-0.2, 0) is 11.3 Å². The third-order valence-corrected chi connectivity index (χ3v) is 1.72. The van der Waals surface area contributed by atoms with E-state index in [9.17, 15) is 5.11 Å². The normalized spacial score (nSPS) is 13.1. The van der Waals surface area contributed by atoms with Crippen LogP contribution >= 0.6 is 0 Å². The molecule has 1 unspecified atom stereocenters. The predicted molar refractivity (Wildman–Crippen MR) is 50.4 cm³/mol. The van der Waals surface area contributed by atoms with Gasteiger partial charge in [-0.15, -0.1) is 0 Å². The van der Waals surface area contributed by atoms with Crippen molar-refractivity contribution < 1.29 is 9.84 Å². The zero-order chi connectivity index (χ0) is 9.52. The molecule has 0 aliphatic heterocycles. The minimum absolute atomic E-state index is 0.373. The van der Waals surface area contributed by atoms with E-state index in [0.717, 1.165) is 12.2 Å². The van der Waals surface area contributed by atoms with Gasteiger partial charge < -0.3 is 20.1 Å². The second-order valence-electron chi connectivity index (χ2n) is 2.94. The maximum absolute atomic E-state index is 9.28. The summed E-state index contributed by atoms with van der Waals surface area (Å²) in [4.78, 5) is 3.07. The SMILES string of the molecule is COCC(O)CNCc1ccc[nH]1. The highest BCUT2D eigenvalue weighted by molar-refractivity contribution is 5.02. The molecule has 74 valence electrons. The summed E-state index contributed by atoms with van der Waals surface area (Å²) in [6.07, 6.45) is 1.45. The van der Waals surface area contributed by atoms with Crippen molar-refractivity contribution in [1.82, 2.24) is 10.3 Å². The largest absolute Gasteiger partial charge is 0.389 e. The summed E-state index contributed by atoms with van der Waals surface area (Å²) in [5, 5.41) is 12.4. The Bertz CT molecular complexity index is 211. The van der Waals surface area contributed by atoms with E-state index in [2.05, 4.69) is 10.3 Å². The first-order chi connectivity index (χ1) is 6.33. The number of aromatic amines is 1. The molecule has 1 heterocycles. The molecule has 4 nitrogen and oxygen atoms in total. The molecule has 0 spiro atoms. The molecule has 0 amide bonds. The van der Waals surface area contributed by atoms with Crippen LogP contribution in [0.5, 0.6) is 0 Å². The van der Waals surface area contributed by atoms with Gasteiger partial charge in [-0.3, -0.25) is 0 Å². The fraction of sp³-hybridized carbons (Fsp3) is 0.556. The van der Waals surface area contributed by atoms with Gasteiger partial charge in [0.25, 0.3) is 0 Å². The monoisotopic (exact) mass is 184 g/mol. The smallest absolute Gasteiger partial charge is 0.0897 e. The number of aromatic nitrogens is 1. The van der Waals surface area contributed by atoms with Gasteiger partial charge in [-0.1, -0.05) is 0 Å². The fourth-order valence-electron chi connectivity index (χ4n) is 1.10. The average molecular weight is 184 g/mol. The Morgan fingerprint density at radius 2 is 2.54 bits per heavy atom. The van der Waals surface area contributed by atoms with E-state index in [1.165, 1.54) is 0 Å². The summed E-state index contributed by atoms with van der Waals surface area (Å²) in [5.41, 5.74) is 1.12. The summed E-state index contributed by atoms with van der Waals surface area (Å²) in [7, 11) is 1.58. The molecular weight excluding hydrogens is 168 g/mol. The second kappa shape index (κ2) is 5.75. The highest BCUT2D eigenvalue weighted by Crippen LogP contribution is 1.92. The van der Waals surface area contributed by atoms with Crippen LogP contribution in [0, 0.1) is 0 Å². The molecule has 1 atom stereocenters.